The number of ether oxygens (including phenoxy) is 2. The quantitative estimate of drug-likeness (QED) is 0.175. The van der Waals surface area contributed by atoms with E-state index in [4.69, 9.17) is 19.6 Å². The Morgan fingerprint density at radius 3 is 2.68 bits per heavy atom. The zero-order valence-electron chi connectivity index (χ0n) is 19.4. The predicted octanol–water partition coefficient (Wildman–Crippen LogP) is 3.96. The van der Waals surface area contributed by atoms with Gasteiger partial charge in [-0.15, -0.1) is 11.3 Å². The van der Waals surface area contributed by atoms with Gasteiger partial charge in [0.2, 0.25) is 5.88 Å². The number of pyridine rings is 1. The van der Waals surface area contributed by atoms with Crippen LogP contribution in [0, 0.1) is 14.9 Å². The Balaban J connectivity index is 1.56. The first-order valence-corrected chi connectivity index (χ1v) is 12.9. The Kier molecular flexibility index (Phi) is 8.57. The van der Waals surface area contributed by atoms with E-state index in [0.29, 0.717) is 11.3 Å². The van der Waals surface area contributed by atoms with Crippen LogP contribution in [0.5, 0.6) is 5.88 Å². The molecule has 3 heterocycles. The molecular formula is C26H22IN3O6S. The smallest absolute Gasteiger partial charge is 0.338 e. The van der Waals surface area contributed by atoms with Crippen molar-refractivity contribution in [2.24, 2.45) is 5.73 Å². The lowest BCUT2D eigenvalue weighted by Gasteiger charge is -2.23. The van der Waals surface area contributed by atoms with Crippen LogP contribution >= 0.6 is 33.9 Å². The van der Waals surface area contributed by atoms with Crippen molar-refractivity contribution in [3.63, 3.8) is 0 Å². The van der Waals surface area contributed by atoms with E-state index in [1.54, 1.807) is 30.5 Å². The third-order valence-corrected chi connectivity index (χ3v) is 7.37. The molecule has 0 saturated carbocycles. The van der Waals surface area contributed by atoms with Crippen molar-refractivity contribution in [3.05, 3.63) is 80.6 Å². The maximum atomic E-state index is 12.4. The van der Waals surface area contributed by atoms with E-state index >= 15 is 0 Å². The number of nitriles is 1. The lowest BCUT2D eigenvalue weighted by Crippen LogP contribution is -2.51. The fraction of sp³-hybridized carbons (Fsp3) is 0.192. The second-order valence-corrected chi connectivity index (χ2v) is 10.3. The summed E-state index contributed by atoms with van der Waals surface area (Å²) in [4.78, 5) is 18.0. The van der Waals surface area contributed by atoms with E-state index in [2.05, 4.69) is 33.6 Å². The molecule has 0 radical (unpaired) electrons. The molecule has 0 fully saturated rings. The number of aromatic nitrogens is 1. The Hall–Kier alpha value is -3.28. The molecule has 0 bridgehead atoms. The van der Waals surface area contributed by atoms with Crippen LogP contribution in [-0.4, -0.2) is 46.5 Å². The average Bonchev–Trinajstić information content (AvgIpc) is 3.65. The molecule has 37 heavy (non-hydrogen) atoms. The highest BCUT2D eigenvalue weighted by Gasteiger charge is 2.26. The van der Waals surface area contributed by atoms with E-state index in [1.807, 2.05) is 23.6 Å². The maximum absolute atomic E-state index is 12.4. The number of esters is 1. The Bertz CT molecular complexity index is 1410. The molecule has 0 saturated heterocycles. The van der Waals surface area contributed by atoms with Crippen molar-refractivity contribution in [2.45, 2.75) is 12.1 Å². The second-order valence-electron chi connectivity index (χ2n) is 8.19. The summed E-state index contributed by atoms with van der Waals surface area (Å²) < 4.78 is 17.2. The molecule has 1 aromatic carbocycles. The number of nitrogens with two attached hydrogens (primary N) is 1. The molecule has 190 valence electrons. The molecule has 4 rings (SSSR count). The van der Waals surface area contributed by atoms with Crippen molar-refractivity contribution in [2.75, 3.05) is 19.8 Å². The molecule has 9 nitrogen and oxygen atoms in total. The number of rotatable bonds is 10. The summed E-state index contributed by atoms with van der Waals surface area (Å²) in [5.41, 5.74) is 7.75. The number of aliphatic hydroxyl groups excluding tert-OH is 2. The third kappa shape index (κ3) is 6.17. The van der Waals surface area contributed by atoms with Crippen molar-refractivity contribution in [1.29, 1.82) is 5.26 Å². The Morgan fingerprint density at radius 1 is 1.24 bits per heavy atom. The first-order valence-electron chi connectivity index (χ1n) is 11.0. The van der Waals surface area contributed by atoms with Gasteiger partial charge in [0.1, 0.15) is 24.8 Å². The number of thiophene rings is 1. The second kappa shape index (κ2) is 11.8. The van der Waals surface area contributed by atoms with Crippen LogP contribution in [0.15, 0.2) is 64.8 Å². The van der Waals surface area contributed by atoms with Crippen LogP contribution < -0.4 is 10.5 Å². The van der Waals surface area contributed by atoms with Crippen molar-refractivity contribution >= 4 is 39.9 Å². The van der Waals surface area contributed by atoms with Gasteiger partial charge in [-0.2, -0.15) is 5.26 Å². The highest BCUT2D eigenvalue weighted by molar-refractivity contribution is 14.1. The number of halogens is 1. The monoisotopic (exact) mass is 631 g/mol. The highest BCUT2D eigenvalue weighted by atomic mass is 127. The largest absolute Gasteiger partial charge is 0.472 e. The van der Waals surface area contributed by atoms with Crippen LogP contribution in [-0.2, 0) is 11.3 Å². The van der Waals surface area contributed by atoms with Crippen LogP contribution in [0.25, 0.3) is 21.7 Å². The molecule has 0 spiro atoms. The molecule has 4 N–H and O–H groups in total. The molecule has 11 heteroatoms. The van der Waals surface area contributed by atoms with Gasteiger partial charge < -0.3 is 29.8 Å². The van der Waals surface area contributed by atoms with Crippen molar-refractivity contribution in [1.82, 2.24) is 4.98 Å². The summed E-state index contributed by atoms with van der Waals surface area (Å²) in [5, 5.41) is 30.4. The van der Waals surface area contributed by atoms with Gasteiger partial charge >= 0.3 is 5.97 Å². The van der Waals surface area contributed by atoms with Gasteiger partial charge in [-0.3, -0.25) is 0 Å². The van der Waals surface area contributed by atoms with Crippen molar-refractivity contribution in [3.8, 4) is 33.6 Å². The molecule has 4 aromatic rings. The summed E-state index contributed by atoms with van der Waals surface area (Å²) >= 11 is 3.61. The average molecular weight is 631 g/mol. The number of benzene rings is 1. The van der Waals surface area contributed by atoms with E-state index in [-0.39, 0.29) is 30.2 Å². The first kappa shape index (κ1) is 26.8. The summed E-state index contributed by atoms with van der Waals surface area (Å²) in [7, 11) is 0. The van der Waals surface area contributed by atoms with E-state index < -0.39 is 24.7 Å². The van der Waals surface area contributed by atoms with Crippen molar-refractivity contribution < 1.29 is 28.9 Å². The number of furan rings is 1. The number of nitrogens with zero attached hydrogens (tertiary/aromatic N) is 2. The van der Waals surface area contributed by atoms with Crippen LogP contribution in [0.1, 0.15) is 21.5 Å². The lowest BCUT2D eigenvalue weighted by molar-refractivity contribution is 0.0209. The summed E-state index contributed by atoms with van der Waals surface area (Å²) in [6, 6.07) is 14.6. The minimum Gasteiger partial charge on any atom is -0.472 e. The van der Waals surface area contributed by atoms with Gasteiger partial charge in [-0.25, -0.2) is 9.78 Å². The van der Waals surface area contributed by atoms with Crippen LogP contribution in [0.4, 0.5) is 0 Å². The summed E-state index contributed by atoms with van der Waals surface area (Å²) in [5.74, 6) is -0.444. The highest BCUT2D eigenvalue weighted by Crippen LogP contribution is 2.35. The minimum atomic E-state index is -1.41. The molecule has 0 aliphatic carbocycles. The maximum Gasteiger partial charge on any atom is 0.338 e. The number of hydrogen-bond donors (Lipinski definition) is 3. The van der Waals surface area contributed by atoms with Crippen LogP contribution in [0.3, 0.4) is 0 Å². The van der Waals surface area contributed by atoms with Gasteiger partial charge in [0.15, 0.2) is 0 Å². The normalized spacial score (nSPS) is 11.2. The Morgan fingerprint density at radius 2 is 2.05 bits per heavy atom. The van der Waals surface area contributed by atoms with Crippen LogP contribution in [0.2, 0.25) is 0 Å². The molecule has 0 unspecified atom stereocenters. The molecular weight excluding hydrogens is 609 g/mol. The molecule has 0 atom stereocenters. The third-order valence-electron chi connectivity index (χ3n) is 5.48. The van der Waals surface area contributed by atoms with Gasteiger partial charge in [-0.05, 0) is 58.3 Å². The molecule has 0 aliphatic rings. The summed E-state index contributed by atoms with van der Waals surface area (Å²) in [6.07, 6.45) is 3.10. The van der Waals surface area contributed by atoms with Gasteiger partial charge in [0, 0.05) is 20.3 Å². The topological polar surface area (TPSA) is 152 Å². The van der Waals surface area contributed by atoms with E-state index in [0.717, 1.165) is 19.6 Å². The van der Waals surface area contributed by atoms with E-state index in [1.165, 1.54) is 17.6 Å². The number of carbonyl (C=O) groups excluding carboxylic acids is 1. The van der Waals surface area contributed by atoms with Gasteiger partial charge in [0.05, 0.1) is 47.4 Å². The minimum absolute atomic E-state index is 0.106. The summed E-state index contributed by atoms with van der Waals surface area (Å²) in [6.45, 7) is -1.28. The Labute approximate surface area is 230 Å². The zero-order chi connectivity index (χ0) is 26.4. The lowest BCUT2D eigenvalue weighted by atomic mass is 10.0. The number of aliphatic hydroxyl groups is 2. The van der Waals surface area contributed by atoms with E-state index in [9.17, 15) is 20.3 Å². The van der Waals surface area contributed by atoms with Gasteiger partial charge in [-0.1, -0.05) is 12.1 Å². The first-order chi connectivity index (χ1) is 17.9. The standard InChI is InChI=1S/C26H22IN3O6S/c27-21-8-16(25(33)36-15-26(29,13-31)14-32)3-4-18(21)12-35-24-20(10-28)19(17-5-6-34-11-17)9-22(30-24)23-2-1-7-37-23/h1-9,11,31-32H,12-15,29H2. The number of carbonyl (C=O) groups is 1. The van der Waals surface area contributed by atoms with Gasteiger partial charge in [0.25, 0.3) is 0 Å². The molecule has 0 amide bonds. The number of hydrogen-bond acceptors (Lipinski definition) is 10. The molecule has 3 aromatic heterocycles. The zero-order valence-corrected chi connectivity index (χ0v) is 22.4. The predicted molar refractivity (Wildman–Crippen MR) is 145 cm³/mol. The fourth-order valence-corrected chi connectivity index (χ4v) is 4.66. The SMILES string of the molecule is N#Cc1c(-c2ccoc2)cc(-c2cccs2)nc1OCc1ccc(C(=O)OCC(N)(CO)CO)cc1I. The molecule has 0 aliphatic heterocycles. The fourth-order valence-electron chi connectivity index (χ4n) is 3.30.